The predicted molar refractivity (Wildman–Crippen MR) is 81.2 cm³/mol. The molecule has 0 aromatic rings. The van der Waals surface area contributed by atoms with E-state index >= 15 is 0 Å². The van der Waals surface area contributed by atoms with E-state index in [-0.39, 0.29) is 0 Å². The number of urea groups is 1. The molecule has 7 heteroatoms. The molecule has 0 radical (unpaired) electrons. The van der Waals surface area contributed by atoms with Crippen molar-refractivity contribution in [1.82, 2.24) is 15.5 Å². The Balaban J connectivity index is 2.32. The van der Waals surface area contributed by atoms with Crippen LogP contribution in [0.3, 0.4) is 0 Å². The molecule has 0 unspecified atom stereocenters. The zero-order valence-corrected chi connectivity index (χ0v) is 13.1. The van der Waals surface area contributed by atoms with Crippen LogP contribution < -0.4 is 10.6 Å². The lowest BCUT2D eigenvalue weighted by molar-refractivity contribution is -0.144. The third-order valence-corrected chi connectivity index (χ3v) is 4.73. The number of nitrogens with one attached hydrogen (secondary N) is 2. The molecular formula is C13H25N3O3S. The van der Waals surface area contributed by atoms with Crippen LogP contribution in [0.2, 0.25) is 0 Å². The average molecular weight is 303 g/mol. The van der Waals surface area contributed by atoms with Crippen LogP contribution in [-0.2, 0) is 4.79 Å². The summed E-state index contributed by atoms with van der Waals surface area (Å²) < 4.78 is 0. The fraction of sp³-hybridized carbons (Fsp3) is 0.846. The third kappa shape index (κ3) is 4.86. The molecule has 6 nitrogen and oxygen atoms in total. The number of rotatable bonds is 7. The van der Waals surface area contributed by atoms with E-state index in [2.05, 4.69) is 15.5 Å². The summed E-state index contributed by atoms with van der Waals surface area (Å²) in [6, 6.07) is -0.400. The van der Waals surface area contributed by atoms with E-state index in [9.17, 15) is 14.7 Å². The minimum absolute atomic E-state index is 0.371. The highest BCUT2D eigenvalue weighted by Gasteiger charge is 2.36. The van der Waals surface area contributed by atoms with Gasteiger partial charge in [0.1, 0.15) is 5.54 Å². The number of hydrogen-bond donors (Lipinski definition) is 3. The van der Waals surface area contributed by atoms with E-state index in [1.807, 2.05) is 11.8 Å². The van der Waals surface area contributed by atoms with Crippen molar-refractivity contribution in [1.29, 1.82) is 0 Å². The highest BCUT2D eigenvalue weighted by atomic mass is 32.2. The second-order valence-electron chi connectivity index (χ2n) is 4.93. The fourth-order valence-electron chi connectivity index (χ4n) is 2.20. The average Bonchev–Trinajstić information content (AvgIpc) is 2.45. The van der Waals surface area contributed by atoms with Crippen molar-refractivity contribution in [2.75, 3.05) is 37.7 Å². The van der Waals surface area contributed by atoms with Crippen LogP contribution in [0.25, 0.3) is 0 Å². The van der Waals surface area contributed by atoms with E-state index in [1.165, 1.54) is 0 Å². The highest BCUT2D eigenvalue weighted by molar-refractivity contribution is 7.99. The van der Waals surface area contributed by atoms with Gasteiger partial charge in [0.25, 0.3) is 0 Å². The molecule has 1 heterocycles. The van der Waals surface area contributed by atoms with Crippen molar-refractivity contribution < 1.29 is 14.7 Å². The zero-order chi connectivity index (χ0) is 15.0. The van der Waals surface area contributed by atoms with Crippen molar-refractivity contribution >= 4 is 23.8 Å². The van der Waals surface area contributed by atoms with Crippen LogP contribution in [0.15, 0.2) is 0 Å². The Morgan fingerprint density at radius 3 is 2.35 bits per heavy atom. The summed E-state index contributed by atoms with van der Waals surface area (Å²) in [6.45, 7) is 6.99. The van der Waals surface area contributed by atoms with Crippen LogP contribution in [-0.4, -0.2) is 65.2 Å². The van der Waals surface area contributed by atoms with E-state index in [4.69, 9.17) is 0 Å². The molecule has 1 fully saturated rings. The van der Waals surface area contributed by atoms with Gasteiger partial charge in [-0.3, -0.25) is 4.90 Å². The van der Waals surface area contributed by atoms with Crippen molar-refractivity contribution in [2.24, 2.45) is 0 Å². The number of carbonyl (C=O) groups is 2. The number of carbonyl (C=O) groups excluding carboxylic acids is 1. The lowest BCUT2D eigenvalue weighted by atomic mass is 9.93. The van der Waals surface area contributed by atoms with Crippen LogP contribution >= 0.6 is 11.8 Å². The molecule has 0 atom stereocenters. The minimum atomic E-state index is -1.16. The van der Waals surface area contributed by atoms with Gasteiger partial charge in [0.15, 0.2) is 0 Å². The molecule has 3 N–H and O–H groups in total. The van der Waals surface area contributed by atoms with Gasteiger partial charge < -0.3 is 15.7 Å². The smallest absolute Gasteiger partial charge is 0.329 e. The molecule has 2 amide bonds. The van der Waals surface area contributed by atoms with Crippen molar-refractivity contribution in [3.63, 3.8) is 0 Å². The molecule has 0 bridgehead atoms. The molecule has 20 heavy (non-hydrogen) atoms. The van der Waals surface area contributed by atoms with Crippen LogP contribution in [0.1, 0.15) is 26.7 Å². The maximum absolute atomic E-state index is 11.8. The molecule has 0 aromatic heterocycles. The first-order chi connectivity index (χ1) is 9.54. The minimum Gasteiger partial charge on any atom is -0.480 e. The Labute approximate surface area is 124 Å². The summed E-state index contributed by atoms with van der Waals surface area (Å²) >= 11 is 1.95. The fourth-order valence-corrected chi connectivity index (χ4v) is 3.18. The van der Waals surface area contributed by atoms with Crippen LogP contribution in [0.5, 0.6) is 0 Å². The van der Waals surface area contributed by atoms with Gasteiger partial charge in [-0.05, 0) is 12.8 Å². The van der Waals surface area contributed by atoms with Gasteiger partial charge in [0.2, 0.25) is 0 Å². The molecule has 0 spiro atoms. The lowest BCUT2D eigenvalue weighted by Crippen LogP contribution is -2.57. The SMILES string of the molecule is CCC(CC)(NC(=O)NCCN1CCSCC1)C(=O)O. The number of hydrogen-bond acceptors (Lipinski definition) is 4. The number of carboxylic acids is 1. The molecule has 116 valence electrons. The maximum atomic E-state index is 11.8. The van der Waals surface area contributed by atoms with Gasteiger partial charge >= 0.3 is 12.0 Å². The summed E-state index contributed by atoms with van der Waals surface area (Å²) in [6.07, 6.45) is 0.741. The monoisotopic (exact) mass is 303 g/mol. The summed E-state index contributed by atoms with van der Waals surface area (Å²) in [7, 11) is 0. The summed E-state index contributed by atoms with van der Waals surface area (Å²) in [5, 5.41) is 14.6. The number of thioether (sulfide) groups is 1. The standard InChI is InChI=1S/C13H25N3O3S/c1-3-13(4-2,11(17)18)15-12(19)14-5-6-16-7-9-20-10-8-16/h3-10H2,1-2H3,(H,17,18)(H2,14,15,19). The van der Waals surface area contributed by atoms with E-state index in [0.717, 1.165) is 31.1 Å². The van der Waals surface area contributed by atoms with Crippen LogP contribution in [0.4, 0.5) is 4.79 Å². The third-order valence-electron chi connectivity index (χ3n) is 3.79. The maximum Gasteiger partial charge on any atom is 0.329 e. The molecule has 0 saturated carbocycles. The van der Waals surface area contributed by atoms with Crippen molar-refractivity contribution in [3.8, 4) is 0 Å². The molecule has 1 aliphatic heterocycles. The number of carboxylic acid groups (broad SMARTS) is 1. The molecule has 1 rings (SSSR count). The van der Waals surface area contributed by atoms with Gasteiger partial charge in [-0.25, -0.2) is 9.59 Å². The Morgan fingerprint density at radius 2 is 1.85 bits per heavy atom. The summed E-state index contributed by atoms with van der Waals surface area (Å²) in [4.78, 5) is 25.4. The van der Waals surface area contributed by atoms with Crippen molar-refractivity contribution in [3.05, 3.63) is 0 Å². The van der Waals surface area contributed by atoms with E-state index < -0.39 is 17.5 Å². The Morgan fingerprint density at radius 1 is 1.25 bits per heavy atom. The van der Waals surface area contributed by atoms with Crippen molar-refractivity contribution in [2.45, 2.75) is 32.2 Å². The Hall–Kier alpha value is -0.950. The van der Waals surface area contributed by atoms with Gasteiger partial charge in [-0.15, -0.1) is 0 Å². The highest BCUT2D eigenvalue weighted by Crippen LogP contribution is 2.15. The molecule has 0 aromatic carbocycles. The Kier molecular flexibility index (Phi) is 7.15. The molecular weight excluding hydrogens is 278 g/mol. The van der Waals surface area contributed by atoms with E-state index in [0.29, 0.717) is 19.4 Å². The molecule has 0 aliphatic carbocycles. The quantitative estimate of drug-likeness (QED) is 0.653. The summed E-state index contributed by atoms with van der Waals surface area (Å²) in [5.41, 5.74) is -1.16. The second kappa shape index (κ2) is 8.36. The number of aliphatic carboxylic acids is 1. The molecule has 1 saturated heterocycles. The van der Waals surface area contributed by atoms with Gasteiger partial charge in [-0.2, -0.15) is 11.8 Å². The first kappa shape index (κ1) is 17.1. The largest absolute Gasteiger partial charge is 0.480 e. The number of amides is 2. The van der Waals surface area contributed by atoms with Gasteiger partial charge in [0.05, 0.1) is 0 Å². The van der Waals surface area contributed by atoms with Gasteiger partial charge in [0, 0.05) is 37.7 Å². The van der Waals surface area contributed by atoms with E-state index in [1.54, 1.807) is 13.8 Å². The second-order valence-corrected chi connectivity index (χ2v) is 6.15. The van der Waals surface area contributed by atoms with Crippen LogP contribution in [0, 0.1) is 0 Å². The molecule has 1 aliphatic rings. The normalized spacial score (nSPS) is 16.7. The summed E-state index contributed by atoms with van der Waals surface area (Å²) in [5.74, 6) is 1.30. The zero-order valence-electron chi connectivity index (χ0n) is 12.3. The first-order valence-electron chi connectivity index (χ1n) is 7.13. The Bertz CT molecular complexity index is 329. The van der Waals surface area contributed by atoms with Gasteiger partial charge in [-0.1, -0.05) is 13.8 Å². The topological polar surface area (TPSA) is 81.7 Å². The predicted octanol–water partition coefficient (Wildman–Crippen LogP) is 0.978. The first-order valence-corrected chi connectivity index (χ1v) is 8.29. The lowest BCUT2D eigenvalue weighted by Gasteiger charge is -2.29. The number of nitrogens with zero attached hydrogens (tertiary/aromatic N) is 1.